The Morgan fingerprint density at radius 1 is 0.938 bits per heavy atom. The zero-order chi connectivity index (χ0) is 22.1. The average Bonchev–Trinajstić information content (AvgIpc) is 3.19. The van der Waals surface area contributed by atoms with Crippen molar-refractivity contribution in [3.05, 3.63) is 101 Å². The van der Waals surface area contributed by atoms with Crippen molar-refractivity contribution in [3.63, 3.8) is 0 Å². The number of aryl methyl sites for hydroxylation is 1. The summed E-state index contributed by atoms with van der Waals surface area (Å²) in [5, 5.41) is 9.65. The van der Waals surface area contributed by atoms with Crippen LogP contribution in [0.1, 0.15) is 5.56 Å². The maximum atomic E-state index is 13.4. The normalized spacial score (nSPS) is 11.2. The Morgan fingerprint density at radius 3 is 2.53 bits per heavy atom. The van der Waals surface area contributed by atoms with Gasteiger partial charge in [0.05, 0.1) is 11.7 Å². The summed E-state index contributed by atoms with van der Waals surface area (Å²) in [6.07, 6.45) is 6.19. The molecule has 158 valence electrons. The van der Waals surface area contributed by atoms with Crippen molar-refractivity contribution < 1.29 is 4.39 Å². The van der Waals surface area contributed by atoms with Crippen molar-refractivity contribution in [3.8, 4) is 11.1 Å². The van der Waals surface area contributed by atoms with Gasteiger partial charge >= 0.3 is 0 Å². The summed E-state index contributed by atoms with van der Waals surface area (Å²) in [7, 11) is 1.86. The number of nitrogens with one attached hydrogen (secondary N) is 1. The van der Waals surface area contributed by atoms with Gasteiger partial charge in [0.15, 0.2) is 5.43 Å². The van der Waals surface area contributed by atoms with Crippen LogP contribution in [0.2, 0.25) is 0 Å². The number of anilines is 1. The second kappa shape index (κ2) is 8.23. The molecule has 5 aromatic rings. The van der Waals surface area contributed by atoms with Gasteiger partial charge in [-0.05, 0) is 53.8 Å². The summed E-state index contributed by atoms with van der Waals surface area (Å²) in [5.74, 6) is -0.236. The fraction of sp³-hybridized carbons (Fsp3) is 0.115. The van der Waals surface area contributed by atoms with E-state index in [4.69, 9.17) is 0 Å². The molecule has 0 aliphatic heterocycles. The van der Waals surface area contributed by atoms with Crippen LogP contribution in [-0.2, 0) is 13.5 Å². The van der Waals surface area contributed by atoms with Crippen LogP contribution in [0.25, 0.3) is 32.8 Å². The molecule has 2 heterocycles. The summed E-state index contributed by atoms with van der Waals surface area (Å²) in [5.41, 5.74) is 4.30. The summed E-state index contributed by atoms with van der Waals surface area (Å²) < 4.78 is 14.8. The molecule has 0 aliphatic rings. The van der Waals surface area contributed by atoms with Crippen LogP contribution in [-0.4, -0.2) is 21.3 Å². The van der Waals surface area contributed by atoms with Gasteiger partial charge in [0.1, 0.15) is 5.82 Å². The molecule has 3 aromatic carbocycles. The van der Waals surface area contributed by atoms with Gasteiger partial charge in [-0.2, -0.15) is 5.10 Å². The van der Waals surface area contributed by atoms with Gasteiger partial charge in [0.2, 0.25) is 0 Å². The van der Waals surface area contributed by atoms with Gasteiger partial charge in [-0.1, -0.05) is 24.3 Å². The molecule has 0 amide bonds. The van der Waals surface area contributed by atoms with Crippen LogP contribution in [0, 0.1) is 5.82 Å². The minimum absolute atomic E-state index is 0.0552. The fourth-order valence-corrected chi connectivity index (χ4v) is 3.84. The standard InChI is InChI=1S/C26H21FN4O/c1-31-16-20(15-30-31)19-12-24-25(29-14-19)9-5-18-4-8-22(13-23(18)26(24)32)28-11-10-17-2-6-21(27)7-3-17/h2-9,12-16,28H,10-11H2,1H3. The predicted octanol–water partition coefficient (Wildman–Crippen LogP) is 4.94. The quantitative estimate of drug-likeness (QED) is 0.434. The lowest BCUT2D eigenvalue weighted by molar-refractivity contribution is 0.627. The van der Waals surface area contributed by atoms with Crippen molar-refractivity contribution in [2.75, 3.05) is 11.9 Å². The number of aromatic nitrogens is 3. The summed E-state index contributed by atoms with van der Waals surface area (Å²) in [6.45, 7) is 0.678. The Morgan fingerprint density at radius 2 is 1.75 bits per heavy atom. The van der Waals surface area contributed by atoms with Crippen molar-refractivity contribution in [1.29, 1.82) is 0 Å². The highest BCUT2D eigenvalue weighted by Gasteiger charge is 2.08. The van der Waals surface area contributed by atoms with Crippen LogP contribution in [0.15, 0.2) is 84.0 Å². The maximum Gasteiger partial charge on any atom is 0.195 e. The molecule has 1 N–H and O–H groups in total. The first-order valence-corrected chi connectivity index (χ1v) is 10.4. The van der Waals surface area contributed by atoms with Gasteiger partial charge in [-0.25, -0.2) is 4.39 Å². The van der Waals surface area contributed by atoms with E-state index in [1.54, 1.807) is 29.2 Å². The van der Waals surface area contributed by atoms with E-state index in [1.807, 2.05) is 49.6 Å². The molecule has 0 saturated carbocycles. The van der Waals surface area contributed by atoms with E-state index >= 15 is 0 Å². The van der Waals surface area contributed by atoms with Crippen molar-refractivity contribution in [1.82, 2.24) is 14.8 Å². The third-order valence-corrected chi connectivity index (χ3v) is 5.58. The molecule has 2 aromatic heterocycles. The maximum absolute atomic E-state index is 13.4. The van der Waals surface area contributed by atoms with Gasteiger partial charge in [0.25, 0.3) is 0 Å². The molecule has 0 saturated heterocycles. The molecule has 5 nitrogen and oxygen atoms in total. The minimum Gasteiger partial charge on any atom is -0.385 e. The molecular formula is C26H21FN4O. The molecule has 0 atom stereocenters. The second-order valence-corrected chi connectivity index (χ2v) is 7.83. The highest BCUT2D eigenvalue weighted by Crippen LogP contribution is 2.23. The molecule has 0 radical (unpaired) electrons. The van der Waals surface area contributed by atoms with Gasteiger partial charge in [-0.15, -0.1) is 0 Å². The molecule has 0 aliphatic carbocycles. The number of pyridine rings is 1. The molecule has 0 spiro atoms. The van der Waals surface area contributed by atoms with E-state index in [2.05, 4.69) is 15.4 Å². The van der Waals surface area contributed by atoms with Gasteiger partial charge in [-0.3, -0.25) is 14.5 Å². The van der Waals surface area contributed by atoms with Crippen molar-refractivity contribution in [2.45, 2.75) is 6.42 Å². The molecule has 0 unspecified atom stereocenters. The van der Waals surface area contributed by atoms with E-state index in [0.717, 1.165) is 34.2 Å². The highest BCUT2D eigenvalue weighted by atomic mass is 19.1. The first-order chi connectivity index (χ1) is 15.6. The van der Waals surface area contributed by atoms with E-state index < -0.39 is 0 Å². The highest BCUT2D eigenvalue weighted by molar-refractivity contribution is 5.94. The van der Waals surface area contributed by atoms with Crippen molar-refractivity contribution in [2.24, 2.45) is 7.05 Å². The van der Waals surface area contributed by atoms with Crippen LogP contribution in [0.4, 0.5) is 10.1 Å². The lowest BCUT2D eigenvalue weighted by Crippen LogP contribution is -2.06. The van der Waals surface area contributed by atoms with E-state index in [1.165, 1.54) is 12.1 Å². The van der Waals surface area contributed by atoms with E-state index in [9.17, 15) is 9.18 Å². The Hall–Kier alpha value is -4.06. The lowest BCUT2D eigenvalue weighted by Gasteiger charge is -2.07. The van der Waals surface area contributed by atoms with E-state index in [0.29, 0.717) is 22.8 Å². The zero-order valence-electron chi connectivity index (χ0n) is 17.5. The smallest absolute Gasteiger partial charge is 0.195 e. The monoisotopic (exact) mass is 424 g/mol. The van der Waals surface area contributed by atoms with Gasteiger partial charge in [0, 0.05) is 53.6 Å². The van der Waals surface area contributed by atoms with Gasteiger partial charge < -0.3 is 5.32 Å². The summed E-state index contributed by atoms with van der Waals surface area (Å²) >= 11 is 0. The summed E-state index contributed by atoms with van der Waals surface area (Å²) in [6, 6.07) is 18.0. The molecule has 32 heavy (non-hydrogen) atoms. The molecule has 0 bridgehead atoms. The number of nitrogens with zero attached hydrogens (tertiary/aromatic N) is 3. The topological polar surface area (TPSA) is 59.8 Å². The number of hydrogen-bond acceptors (Lipinski definition) is 4. The average molecular weight is 424 g/mol. The Labute approximate surface area is 184 Å². The van der Waals surface area contributed by atoms with Crippen LogP contribution < -0.4 is 10.7 Å². The number of halogens is 1. The molecular weight excluding hydrogens is 403 g/mol. The predicted molar refractivity (Wildman–Crippen MR) is 126 cm³/mol. The molecule has 0 fully saturated rings. The number of fused-ring (bicyclic) bond motifs is 2. The number of hydrogen-bond donors (Lipinski definition) is 1. The van der Waals surface area contributed by atoms with E-state index in [-0.39, 0.29) is 11.2 Å². The third kappa shape index (κ3) is 3.95. The van der Waals surface area contributed by atoms with Crippen molar-refractivity contribution >= 4 is 27.4 Å². The second-order valence-electron chi connectivity index (χ2n) is 7.83. The SMILES string of the molecule is Cn1cc(-c2cnc3ccc4ccc(NCCc5ccc(F)cc5)cc4c(=O)c3c2)cn1. The zero-order valence-corrected chi connectivity index (χ0v) is 17.5. The molecule has 6 heteroatoms. The molecule has 5 rings (SSSR count). The Balaban J connectivity index is 1.49. The minimum atomic E-state index is -0.236. The first kappa shape index (κ1) is 19.9. The lowest BCUT2D eigenvalue weighted by atomic mass is 10.1. The number of rotatable bonds is 5. The van der Waals surface area contributed by atoms with Crippen LogP contribution >= 0.6 is 0 Å². The number of benzene rings is 2. The fourth-order valence-electron chi connectivity index (χ4n) is 3.84. The van der Waals surface area contributed by atoms with Crippen LogP contribution in [0.5, 0.6) is 0 Å². The Bertz CT molecular complexity index is 1490. The largest absolute Gasteiger partial charge is 0.385 e. The van der Waals surface area contributed by atoms with Crippen LogP contribution in [0.3, 0.4) is 0 Å². The Kier molecular flexibility index (Phi) is 5.11. The third-order valence-electron chi connectivity index (χ3n) is 5.58. The summed E-state index contributed by atoms with van der Waals surface area (Å²) in [4.78, 5) is 18.0. The first-order valence-electron chi connectivity index (χ1n) is 10.4.